The van der Waals surface area contributed by atoms with Crippen molar-refractivity contribution in [3.63, 3.8) is 0 Å². The fourth-order valence-electron chi connectivity index (χ4n) is 1.13. The smallest absolute Gasteiger partial charge is 0.260 e. The van der Waals surface area contributed by atoms with E-state index in [2.05, 4.69) is 32.6 Å². The number of thiophene rings is 1. The lowest BCUT2D eigenvalue weighted by Crippen LogP contribution is -2.10. The monoisotopic (exact) mass is 306 g/mol. The second-order valence-electron chi connectivity index (χ2n) is 2.63. The molecule has 2 heterocycles. The normalized spacial score (nSPS) is 10.9. The molecule has 0 unspecified atom stereocenters. The number of nitrogens with one attached hydrogen (secondary N) is 1. The Morgan fingerprint density at radius 2 is 2.46 bits per heavy atom. The van der Waals surface area contributed by atoms with Crippen LogP contribution in [0.5, 0.6) is 0 Å². The van der Waals surface area contributed by atoms with Crippen molar-refractivity contribution in [2.45, 2.75) is 13.3 Å². The Balaban J connectivity index is 2.87. The zero-order valence-corrected chi connectivity index (χ0v) is 9.90. The second kappa shape index (κ2) is 3.38. The first kappa shape index (κ1) is 9.14. The van der Waals surface area contributed by atoms with Gasteiger partial charge in [-0.3, -0.25) is 4.79 Å². The van der Waals surface area contributed by atoms with E-state index in [9.17, 15) is 4.79 Å². The predicted octanol–water partition coefficient (Wildman–Crippen LogP) is 2.15. The van der Waals surface area contributed by atoms with Crippen molar-refractivity contribution in [3.05, 3.63) is 25.1 Å². The van der Waals surface area contributed by atoms with E-state index in [-0.39, 0.29) is 5.56 Å². The van der Waals surface area contributed by atoms with Crippen LogP contribution in [-0.4, -0.2) is 9.97 Å². The standard InChI is InChI=1S/C8H7IN2OS/c1-2-5-10-7(12)6-4(9)3-13-8(6)11-5/h3H,2H2,1H3,(H,10,11,12). The minimum atomic E-state index is -0.0208. The molecule has 0 amide bonds. The number of H-pyrrole nitrogens is 1. The number of aromatic nitrogens is 2. The Morgan fingerprint density at radius 3 is 3.15 bits per heavy atom. The van der Waals surface area contributed by atoms with Crippen LogP contribution in [0.1, 0.15) is 12.7 Å². The summed E-state index contributed by atoms with van der Waals surface area (Å²) in [6, 6.07) is 0. The lowest BCUT2D eigenvalue weighted by molar-refractivity contribution is 0.947. The molecule has 5 heteroatoms. The van der Waals surface area contributed by atoms with Gasteiger partial charge in [-0.25, -0.2) is 4.98 Å². The summed E-state index contributed by atoms with van der Waals surface area (Å²) in [6.07, 6.45) is 0.764. The number of aryl methyl sites for hydroxylation is 1. The topological polar surface area (TPSA) is 45.8 Å². The zero-order chi connectivity index (χ0) is 9.42. The van der Waals surface area contributed by atoms with Gasteiger partial charge in [0.1, 0.15) is 10.7 Å². The third-order valence-corrected chi connectivity index (χ3v) is 3.93. The molecule has 3 nitrogen and oxygen atoms in total. The number of hydrogen-bond acceptors (Lipinski definition) is 3. The Kier molecular flexibility index (Phi) is 2.37. The van der Waals surface area contributed by atoms with E-state index in [4.69, 9.17) is 0 Å². The van der Waals surface area contributed by atoms with Crippen LogP contribution in [0.15, 0.2) is 10.2 Å². The van der Waals surface area contributed by atoms with Crippen molar-refractivity contribution in [2.24, 2.45) is 0 Å². The number of rotatable bonds is 1. The van der Waals surface area contributed by atoms with E-state index >= 15 is 0 Å². The summed E-state index contributed by atoms with van der Waals surface area (Å²) in [5, 5.41) is 2.68. The van der Waals surface area contributed by atoms with Crippen LogP contribution in [-0.2, 0) is 6.42 Å². The van der Waals surface area contributed by atoms with E-state index in [1.807, 2.05) is 12.3 Å². The average Bonchev–Trinajstić information content (AvgIpc) is 2.48. The zero-order valence-electron chi connectivity index (χ0n) is 6.93. The molecule has 0 aliphatic carbocycles. The minimum Gasteiger partial charge on any atom is -0.310 e. The Labute approximate surface area is 92.3 Å². The van der Waals surface area contributed by atoms with E-state index in [0.717, 1.165) is 26.0 Å². The van der Waals surface area contributed by atoms with E-state index < -0.39 is 0 Å². The molecule has 2 rings (SSSR count). The van der Waals surface area contributed by atoms with Crippen LogP contribution in [0, 0.1) is 3.57 Å². The summed E-state index contributed by atoms with van der Waals surface area (Å²) >= 11 is 3.67. The van der Waals surface area contributed by atoms with Gasteiger partial charge in [-0.15, -0.1) is 11.3 Å². The average molecular weight is 306 g/mol. The number of fused-ring (bicyclic) bond motifs is 1. The molecule has 0 aliphatic rings. The first-order chi connectivity index (χ1) is 6.22. The molecule has 0 fully saturated rings. The van der Waals surface area contributed by atoms with Crippen LogP contribution in [0.2, 0.25) is 0 Å². The Hall–Kier alpha value is -0.430. The maximum atomic E-state index is 11.5. The van der Waals surface area contributed by atoms with Crippen molar-refractivity contribution in [3.8, 4) is 0 Å². The molecule has 1 N–H and O–H groups in total. The predicted molar refractivity (Wildman–Crippen MR) is 62.3 cm³/mol. The van der Waals surface area contributed by atoms with Crippen LogP contribution in [0.25, 0.3) is 10.2 Å². The van der Waals surface area contributed by atoms with Gasteiger partial charge in [0.05, 0.1) is 5.39 Å². The van der Waals surface area contributed by atoms with Gasteiger partial charge in [-0.05, 0) is 22.6 Å². The van der Waals surface area contributed by atoms with E-state index in [1.54, 1.807) is 0 Å². The van der Waals surface area contributed by atoms with Gasteiger partial charge in [0.2, 0.25) is 0 Å². The van der Waals surface area contributed by atoms with Crippen LogP contribution in [0.4, 0.5) is 0 Å². The van der Waals surface area contributed by atoms with Gasteiger partial charge in [0.15, 0.2) is 0 Å². The third-order valence-electron chi connectivity index (χ3n) is 1.78. The first-order valence-corrected chi connectivity index (χ1v) is 5.84. The first-order valence-electron chi connectivity index (χ1n) is 3.88. The molecule has 0 radical (unpaired) electrons. The van der Waals surface area contributed by atoms with E-state index in [1.165, 1.54) is 11.3 Å². The summed E-state index contributed by atoms with van der Waals surface area (Å²) < 4.78 is 0.981. The highest BCUT2D eigenvalue weighted by Crippen LogP contribution is 2.22. The quantitative estimate of drug-likeness (QED) is 0.821. The summed E-state index contributed by atoms with van der Waals surface area (Å²) in [6.45, 7) is 1.97. The van der Waals surface area contributed by atoms with Gasteiger partial charge >= 0.3 is 0 Å². The lowest BCUT2D eigenvalue weighted by Gasteiger charge is -1.95. The lowest BCUT2D eigenvalue weighted by atomic mass is 10.4. The molecule has 0 spiro atoms. The number of aromatic amines is 1. The van der Waals surface area contributed by atoms with Crippen molar-refractivity contribution in [2.75, 3.05) is 0 Å². The third kappa shape index (κ3) is 1.50. The van der Waals surface area contributed by atoms with Crippen molar-refractivity contribution in [1.29, 1.82) is 0 Å². The van der Waals surface area contributed by atoms with Crippen LogP contribution < -0.4 is 5.56 Å². The molecule has 13 heavy (non-hydrogen) atoms. The maximum Gasteiger partial charge on any atom is 0.260 e. The van der Waals surface area contributed by atoms with Gasteiger partial charge < -0.3 is 4.98 Å². The Morgan fingerprint density at radius 1 is 1.69 bits per heavy atom. The molecule has 0 atom stereocenters. The summed E-state index contributed by atoms with van der Waals surface area (Å²) in [7, 11) is 0. The number of hydrogen-bond donors (Lipinski definition) is 1. The summed E-state index contributed by atoms with van der Waals surface area (Å²) in [5.74, 6) is 0.760. The van der Waals surface area contributed by atoms with Crippen LogP contribution in [0.3, 0.4) is 0 Å². The summed E-state index contributed by atoms with van der Waals surface area (Å²) in [5.41, 5.74) is -0.0208. The summed E-state index contributed by atoms with van der Waals surface area (Å²) in [4.78, 5) is 19.5. The molecule has 2 aromatic rings. The highest BCUT2D eigenvalue weighted by Gasteiger charge is 2.07. The molecule has 0 aliphatic heterocycles. The van der Waals surface area contributed by atoms with Crippen molar-refractivity contribution < 1.29 is 0 Å². The van der Waals surface area contributed by atoms with Crippen molar-refractivity contribution in [1.82, 2.24) is 9.97 Å². The molecule has 68 valence electrons. The SMILES string of the molecule is CCc1nc2scc(I)c2c(=O)[nH]1. The minimum absolute atomic E-state index is 0.0208. The number of nitrogens with zero attached hydrogens (tertiary/aromatic N) is 1. The van der Waals surface area contributed by atoms with Gasteiger partial charge in [-0.1, -0.05) is 6.92 Å². The molecular formula is C8H7IN2OS. The molecule has 0 saturated heterocycles. The fraction of sp³-hybridized carbons (Fsp3) is 0.250. The molecular weight excluding hydrogens is 299 g/mol. The molecule has 0 bridgehead atoms. The molecule has 0 saturated carbocycles. The maximum absolute atomic E-state index is 11.5. The van der Waals surface area contributed by atoms with Gasteiger partial charge in [-0.2, -0.15) is 0 Å². The highest BCUT2D eigenvalue weighted by atomic mass is 127. The van der Waals surface area contributed by atoms with Crippen molar-refractivity contribution >= 4 is 44.1 Å². The van der Waals surface area contributed by atoms with E-state index in [0.29, 0.717) is 0 Å². The fourth-order valence-corrected chi connectivity index (χ4v) is 3.01. The van der Waals surface area contributed by atoms with Gasteiger partial charge in [0, 0.05) is 15.4 Å². The molecule has 0 aromatic carbocycles. The Bertz CT molecular complexity index is 502. The highest BCUT2D eigenvalue weighted by molar-refractivity contribution is 14.1. The largest absolute Gasteiger partial charge is 0.310 e. The van der Waals surface area contributed by atoms with Crippen LogP contribution >= 0.6 is 33.9 Å². The second-order valence-corrected chi connectivity index (χ2v) is 4.65. The number of halogens is 1. The van der Waals surface area contributed by atoms with Gasteiger partial charge in [0.25, 0.3) is 5.56 Å². The molecule has 2 aromatic heterocycles.